The fraction of sp³-hybridized carbons (Fsp3) is 0.308. The van der Waals surface area contributed by atoms with Crippen molar-refractivity contribution in [1.82, 2.24) is 9.29 Å². The molecule has 1 amide bonds. The largest absolute Gasteiger partial charge is 0.494 e. The minimum atomic E-state index is -3.77. The number of benzene rings is 2. The van der Waals surface area contributed by atoms with Gasteiger partial charge < -0.3 is 4.74 Å². The standard InChI is InChI=1S/C26H27N3O4S3/c1-2-33-20-13-14-21-23(17-20)35-26(27-21)28(18-19-9-4-3-5-10-19)25(30)22-11-6-7-15-29(22)36(31,32)24-12-8-16-34-24/h3-5,8-10,12-14,16-17,22H,2,6-7,11,15,18H2,1H3. The van der Waals surface area contributed by atoms with Crippen molar-refractivity contribution in [2.75, 3.05) is 18.1 Å². The highest BCUT2D eigenvalue weighted by Gasteiger charge is 2.40. The summed E-state index contributed by atoms with van der Waals surface area (Å²) in [4.78, 5) is 20.6. The molecule has 10 heteroatoms. The number of carbonyl (C=O) groups is 1. The van der Waals surface area contributed by atoms with Gasteiger partial charge in [-0.1, -0.05) is 54.2 Å². The van der Waals surface area contributed by atoms with Crippen molar-refractivity contribution >= 4 is 54.0 Å². The number of piperidine rings is 1. The Bertz CT molecular complexity index is 1440. The van der Waals surface area contributed by atoms with E-state index in [4.69, 9.17) is 9.72 Å². The van der Waals surface area contributed by atoms with E-state index in [9.17, 15) is 13.2 Å². The summed E-state index contributed by atoms with van der Waals surface area (Å²) >= 11 is 2.59. The summed E-state index contributed by atoms with van der Waals surface area (Å²) in [6, 6.07) is 17.9. The molecule has 1 aliphatic rings. The number of hydrogen-bond acceptors (Lipinski definition) is 7. The lowest BCUT2D eigenvalue weighted by Crippen LogP contribution is -2.52. The van der Waals surface area contributed by atoms with Crippen LogP contribution in [0.4, 0.5) is 5.13 Å². The van der Waals surface area contributed by atoms with Crippen LogP contribution in [-0.4, -0.2) is 42.8 Å². The van der Waals surface area contributed by atoms with Gasteiger partial charge in [-0.25, -0.2) is 13.4 Å². The number of rotatable bonds is 8. The number of ether oxygens (including phenoxy) is 1. The van der Waals surface area contributed by atoms with E-state index in [1.54, 1.807) is 22.4 Å². The van der Waals surface area contributed by atoms with E-state index in [-0.39, 0.29) is 10.1 Å². The highest BCUT2D eigenvalue weighted by Crippen LogP contribution is 2.35. The van der Waals surface area contributed by atoms with Crippen molar-refractivity contribution in [3.8, 4) is 5.75 Å². The van der Waals surface area contributed by atoms with Crippen LogP contribution < -0.4 is 9.64 Å². The van der Waals surface area contributed by atoms with Crippen molar-refractivity contribution in [1.29, 1.82) is 0 Å². The fourth-order valence-electron chi connectivity index (χ4n) is 4.42. The monoisotopic (exact) mass is 541 g/mol. The van der Waals surface area contributed by atoms with Crippen molar-refractivity contribution < 1.29 is 17.9 Å². The van der Waals surface area contributed by atoms with E-state index in [2.05, 4.69) is 0 Å². The summed E-state index contributed by atoms with van der Waals surface area (Å²) in [7, 11) is -3.77. The minimum Gasteiger partial charge on any atom is -0.494 e. The number of carbonyl (C=O) groups excluding carboxylic acids is 1. The number of aromatic nitrogens is 1. The average Bonchev–Trinajstić information content (AvgIpc) is 3.58. The van der Waals surface area contributed by atoms with E-state index in [0.29, 0.717) is 31.2 Å². The molecule has 2 aromatic carbocycles. The van der Waals surface area contributed by atoms with Gasteiger partial charge in [0, 0.05) is 6.54 Å². The molecule has 3 heterocycles. The Morgan fingerprint density at radius 3 is 2.72 bits per heavy atom. The Morgan fingerprint density at radius 2 is 1.97 bits per heavy atom. The van der Waals surface area contributed by atoms with Crippen molar-refractivity contribution in [3.63, 3.8) is 0 Å². The predicted molar refractivity (Wildman–Crippen MR) is 144 cm³/mol. The summed E-state index contributed by atoms with van der Waals surface area (Å²) in [5, 5.41) is 2.29. The smallest absolute Gasteiger partial charge is 0.253 e. The molecule has 2 aromatic heterocycles. The van der Waals surface area contributed by atoms with Crippen molar-refractivity contribution in [2.24, 2.45) is 0 Å². The summed E-state index contributed by atoms with van der Waals surface area (Å²) in [5.41, 5.74) is 1.72. The van der Waals surface area contributed by atoms with Crippen LogP contribution in [0, 0.1) is 0 Å². The first-order chi connectivity index (χ1) is 17.5. The lowest BCUT2D eigenvalue weighted by Gasteiger charge is -2.35. The van der Waals surface area contributed by atoms with Gasteiger partial charge in [0.05, 0.1) is 23.4 Å². The Morgan fingerprint density at radius 1 is 1.14 bits per heavy atom. The minimum absolute atomic E-state index is 0.247. The SMILES string of the molecule is CCOc1ccc2nc(N(Cc3ccccc3)C(=O)C3CCCCN3S(=O)(=O)c3cccs3)sc2c1. The van der Waals surface area contributed by atoms with E-state index >= 15 is 0 Å². The van der Waals surface area contributed by atoms with E-state index in [0.717, 1.165) is 34.4 Å². The zero-order chi connectivity index (χ0) is 25.1. The predicted octanol–water partition coefficient (Wildman–Crippen LogP) is 5.53. The molecule has 188 valence electrons. The number of thiazole rings is 1. The van der Waals surface area contributed by atoms with Gasteiger partial charge in [0.25, 0.3) is 10.0 Å². The Hall–Kier alpha value is -2.79. The van der Waals surface area contributed by atoms with Crippen LogP contribution in [0.2, 0.25) is 0 Å². The van der Waals surface area contributed by atoms with Gasteiger partial charge in [0.15, 0.2) is 5.13 Å². The van der Waals surface area contributed by atoms with Crippen molar-refractivity contribution in [2.45, 2.75) is 43.0 Å². The molecule has 1 unspecified atom stereocenters. The van der Waals surface area contributed by atoms with Gasteiger partial charge in [0.2, 0.25) is 5.91 Å². The quantitative estimate of drug-likeness (QED) is 0.293. The normalized spacial score (nSPS) is 16.8. The molecular weight excluding hydrogens is 515 g/mol. The average molecular weight is 542 g/mol. The lowest BCUT2D eigenvalue weighted by molar-refractivity contribution is -0.123. The highest BCUT2D eigenvalue weighted by molar-refractivity contribution is 7.91. The van der Waals surface area contributed by atoms with Gasteiger partial charge in [-0.3, -0.25) is 9.69 Å². The molecule has 0 radical (unpaired) electrons. The fourth-order valence-corrected chi connectivity index (χ4v) is 8.18. The number of amides is 1. The summed E-state index contributed by atoms with van der Waals surface area (Å²) in [6.07, 6.45) is 2.01. The molecule has 0 N–H and O–H groups in total. The molecule has 1 atom stereocenters. The van der Waals surface area contributed by atoms with E-state index in [1.807, 2.05) is 55.5 Å². The van der Waals surface area contributed by atoms with Crippen LogP contribution in [0.15, 0.2) is 70.3 Å². The third-order valence-corrected chi connectivity index (χ3v) is 10.5. The van der Waals surface area contributed by atoms with Crippen molar-refractivity contribution in [3.05, 3.63) is 71.6 Å². The number of thiophene rings is 1. The lowest BCUT2D eigenvalue weighted by atomic mass is 10.0. The zero-order valence-electron chi connectivity index (χ0n) is 19.9. The van der Waals surface area contributed by atoms with Gasteiger partial charge >= 0.3 is 0 Å². The zero-order valence-corrected chi connectivity index (χ0v) is 22.3. The topological polar surface area (TPSA) is 79.8 Å². The third kappa shape index (κ3) is 5.04. The Labute approximate surface area is 219 Å². The molecule has 0 saturated carbocycles. The van der Waals surface area contributed by atoms with Crippen LogP contribution >= 0.6 is 22.7 Å². The van der Waals surface area contributed by atoms with Crippen LogP contribution in [-0.2, 0) is 21.4 Å². The maximum Gasteiger partial charge on any atom is 0.253 e. The molecule has 5 rings (SSSR count). The number of anilines is 1. The van der Waals surface area contributed by atoms with Gasteiger partial charge in [-0.2, -0.15) is 4.31 Å². The van der Waals surface area contributed by atoms with Gasteiger partial charge in [-0.15, -0.1) is 11.3 Å². The molecule has 0 aliphatic carbocycles. The summed E-state index contributed by atoms with van der Waals surface area (Å²) < 4.78 is 35.1. The first-order valence-corrected chi connectivity index (χ1v) is 15.0. The van der Waals surface area contributed by atoms with Gasteiger partial charge in [0.1, 0.15) is 16.0 Å². The molecule has 4 aromatic rings. The molecule has 1 aliphatic heterocycles. The molecular formula is C26H27N3O4S3. The van der Waals surface area contributed by atoms with E-state index < -0.39 is 16.1 Å². The Balaban J connectivity index is 1.53. The maximum absolute atomic E-state index is 14.1. The third-order valence-electron chi connectivity index (χ3n) is 6.14. The number of sulfonamides is 1. The Kier molecular flexibility index (Phi) is 7.38. The summed E-state index contributed by atoms with van der Waals surface area (Å²) in [5.74, 6) is 0.504. The highest BCUT2D eigenvalue weighted by atomic mass is 32.2. The summed E-state index contributed by atoms with van der Waals surface area (Å²) in [6.45, 7) is 3.13. The second-order valence-electron chi connectivity index (χ2n) is 8.53. The van der Waals surface area contributed by atoms with Crippen LogP contribution in [0.1, 0.15) is 31.7 Å². The molecule has 0 bridgehead atoms. The maximum atomic E-state index is 14.1. The van der Waals surface area contributed by atoms with Crippen LogP contribution in [0.5, 0.6) is 5.75 Å². The molecule has 0 spiro atoms. The number of hydrogen-bond donors (Lipinski definition) is 0. The molecule has 1 fully saturated rings. The van der Waals surface area contributed by atoms with Gasteiger partial charge in [-0.05, 0) is 55.0 Å². The second-order valence-corrected chi connectivity index (χ2v) is 12.6. The van der Waals surface area contributed by atoms with Crippen LogP contribution in [0.3, 0.4) is 0 Å². The van der Waals surface area contributed by atoms with E-state index in [1.165, 1.54) is 27.0 Å². The second kappa shape index (κ2) is 10.7. The molecule has 1 saturated heterocycles. The number of fused-ring (bicyclic) bond motifs is 1. The molecule has 36 heavy (non-hydrogen) atoms. The van der Waals surface area contributed by atoms with Crippen LogP contribution in [0.25, 0.3) is 10.2 Å². The molecule has 7 nitrogen and oxygen atoms in total. The first-order valence-electron chi connectivity index (χ1n) is 11.9. The first kappa shape index (κ1) is 24.9. The number of nitrogens with zero attached hydrogens (tertiary/aromatic N) is 3.